The Morgan fingerprint density at radius 1 is 1.08 bits per heavy atom. The lowest BCUT2D eigenvalue weighted by Gasteiger charge is -2.20. The number of carbonyl (C=O) groups is 3. The van der Waals surface area contributed by atoms with Gasteiger partial charge in [-0.2, -0.15) is 5.10 Å². The van der Waals surface area contributed by atoms with Gasteiger partial charge in [0.2, 0.25) is 5.91 Å². The summed E-state index contributed by atoms with van der Waals surface area (Å²) in [6, 6.07) is 7.13. The van der Waals surface area contributed by atoms with Crippen LogP contribution in [0.25, 0.3) is 0 Å². The molecule has 0 aliphatic heterocycles. The summed E-state index contributed by atoms with van der Waals surface area (Å²) in [7, 11) is 0. The van der Waals surface area contributed by atoms with Crippen LogP contribution in [-0.2, 0) is 14.4 Å². The molecule has 3 amide bonds. The number of hydrogen-bond acceptors (Lipinski definition) is 4. The van der Waals surface area contributed by atoms with E-state index in [4.69, 9.17) is 5.73 Å². The average Bonchev–Trinajstić information content (AvgIpc) is 2.60. The third kappa shape index (κ3) is 4.91. The van der Waals surface area contributed by atoms with Crippen LogP contribution < -0.4 is 16.5 Å². The van der Waals surface area contributed by atoms with E-state index in [1.54, 1.807) is 31.2 Å². The predicted molar refractivity (Wildman–Crippen MR) is 91.2 cm³/mol. The molecule has 1 fully saturated rings. The maximum atomic E-state index is 12.2. The number of carbonyl (C=O) groups excluding carboxylic acids is 3. The molecule has 2 rings (SSSR count). The van der Waals surface area contributed by atoms with E-state index in [9.17, 15) is 14.4 Å². The van der Waals surface area contributed by atoms with E-state index in [0.29, 0.717) is 5.71 Å². The highest BCUT2D eigenvalue weighted by Crippen LogP contribution is 2.25. The molecule has 1 aromatic carbocycles. The van der Waals surface area contributed by atoms with Gasteiger partial charge in [-0.3, -0.25) is 14.4 Å². The number of amides is 3. The standard InChI is InChI=1S/C17H22N4O3/c1-11(20-21-17(24)15(18)22)12-7-9-14(10-8-12)19-16(23)13-5-3-2-4-6-13/h7-10,13H,2-6H2,1H3,(H2,18,22)(H,19,23)(H,21,24)/b20-11-. The number of nitrogens with one attached hydrogen (secondary N) is 2. The molecule has 0 aromatic heterocycles. The van der Waals surface area contributed by atoms with Crippen LogP contribution in [0.4, 0.5) is 5.69 Å². The topological polar surface area (TPSA) is 114 Å². The summed E-state index contributed by atoms with van der Waals surface area (Å²) in [5, 5.41) is 6.74. The zero-order valence-electron chi connectivity index (χ0n) is 13.7. The highest BCUT2D eigenvalue weighted by atomic mass is 16.2. The van der Waals surface area contributed by atoms with Crippen LogP contribution in [-0.4, -0.2) is 23.4 Å². The summed E-state index contributed by atoms with van der Waals surface area (Å²) in [6.45, 7) is 1.69. The molecule has 1 aliphatic rings. The monoisotopic (exact) mass is 330 g/mol. The SMILES string of the molecule is C/C(=N/NC(=O)C(N)=O)c1ccc(NC(=O)C2CCCCC2)cc1. The van der Waals surface area contributed by atoms with E-state index >= 15 is 0 Å². The molecule has 0 spiro atoms. The molecule has 0 saturated heterocycles. The molecule has 7 nitrogen and oxygen atoms in total. The second-order valence-electron chi connectivity index (χ2n) is 5.90. The zero-order chi connectivity index (χ0) is 17.5. The molecule has 1 aromatic rings. The smallest absolute Gasteiger partial charge is 0.329 e. The minimum absolute atomic E-state index is 0.0709. The largest absolute Gasteiger partial charge is 0.361 e. The van der Waals surface area contributed by atoms with Gasteiger partial charge in [0.05, 0.1) is 5.71 Å². The van der Waals surface area contributed by atoms with Gasteiger partial charge in [-0.25, -0.2) is 5.43 Å². The summed E-state index contributed by atoms with van der Waals surface area (Å²) >= 11 is 0. The summed E-state index contributed by atoms with van der Waals surface area (Å²) in [6.07, 6.45) is 5.35. The summed E-state index contributed by atoms with van der Waals surface area (Å²) in [4.78, 5) is 33.9. The van der Waals surface area contributed by atoms with Gasteiger partial charge < -0.3 is 11.1 Å². The van der Waals surface area contributed by atoms with Gasteiger partial charge in [0.15, 0.2) is 0 Å². The average molecular weight is 330 g/mol. The van der Waals surface area contributed by atoms with Crippen LogP contribution >= 0.6 is 0 Å². The lowest BCUT2D eigenvalue weighted by molar-refractivity contribution is -0.137. The van der Waals surface area contributed by atoms with E-state index in [0.717, 1.165) is 36.9 Å². The van der Waals surface area contributed by atoms with Crippen molar-refractivity contribution in [3.05, 3.63) is 29.8 Å². The number of nitrogens with two attached hydrogens (primary N) is 1. The molecule has 0 unspecified atom stereocenters. The van der Waals surface area contributed by atoms with Crippen molar-refractivity contribution in [2.24, 2.45) is 16.8 Å². The van der Waals surface area contributed by atoms with E-state index in [1.165, 1.54) is 6.42 Å². The van der Waals surface area contributed by atoms with Crippen LogP contribution in [0.5, 0.6) is 0 Å². The van der Waals surface area contributed by atoms with Crippen molar-refractivity contribution in [2.75, 3.05) is 5.32 Å². The number of rotatable bonds is 4. The summed E-state index contributed by atoms with van der Waals surface area (Å²) in [5.41, 5.74) is 8.91. The third-order valence-electron chi connectivity index (χ3n) is 4.10. The molecule has 24 heavy (non-hydrogen) atoms. The third-order valence-corrected chi connectivity index (χ3v) is 4.10. The van der Waals surface area contributed by atoms with Crippen LogP contribution in [0.15, 0.2) is 29.4 Å². The fourth-order valence-corrected chi connectivity index (χ4v) is 2.66. The van der Waals surface area contributed by atoms with Crippen molar-refractivity contribution in [2.45, 2.75) is 39.0 Å². The fourth-order valence-electron chi connectivity index (χ4n) is 2.66. The Morgan fingerprint density at radius 2 is 1.71 bits per heavy atom. The van der Waals surface area contributed by atoms with Crippen molar-refractivity contribution in [3.8, 4) is 0 Å². The van der Waals surface area contributed by atoms with E-state index in [2.05, 4.69) is 15.8 Å². The molecule has 0 heterocycles. The first-order valence-electron chi connectivity index (χ1n) is 8.02. The molecule has 7 heteroatoms. The Morgan fingerprint density at radius 3 is 2.29 bits per heavy atom. The fraction of sp³-hybridized carbons (Fsp3) is 0.412. The van der Waals surface area contributed by atoms with Gasteiger partial charge in [0, 0.05) is 11.6 Å². The molecule has 128 valence electrons. The highest BCUT2D eigenvalue weighted by Gasteiger charge is 2.20. The zero-order valence-corrected chi connectivity index (χ0v) is 13.7. The van der Waals surface area contributed by atoms with Gasteiger partial charge in [-0.05, 0) is 37.5 Å². The van der Waals surface area contributed by atoms with Gasteiger partial charge in [0.1, 0.15) is 0 Å². The first-order chi connectivity index (χ1) is 11.5. The number of hydrazone groups is 1. The van der Waals surface area contributed by atoms with Crippen molar-refractivity contribution < 1.29 is 14.4 Å². The van der Waals surface area contributed by atoms with Crippen molar-refractivity contribution >= 4 is 29.1 Å². The Kier molecular flexibility index (Phi) is 6.06. The number of benzene rings is 1. The lowest BCUT2D eigenvalue weighted by Crippen LogP contribution is -2.33. The molecule has 0 radical (unpaired) electrons. The molecular formula is C17H22N4O3. The number of nitrogens with zero attached hydrogens (tertiary/aromatic N) is 1. The van der Waals surface area contributed by atoms with Crippen LogP contribution in [0.3, 0.4) is 0 Å². The highest BCUT2D eigenvalue weighted by molar-refractivity contribution is 6.34. The molecule has 0 atom stereocenters. The summed E-state index contributed by atoms with van der Waals surface area (Å²) in [5.74, 6) is -1.88. The van der Waals surface area contributed by atoms with Gasteiger partial charge in [0.25, 0.3) is 0 Å². The second-order valence-corrected chi connectivity index (χ2v) is 5.90. The lowest BCUT2D eigenvalue weighted by atomic mass is 9.88. The second kappa shape index (κ2) is 8.24. The maximum Gasteiger partial charge on any atom is 0.329 e. The predicted octanol–water partition coefficient (Wildman–Crippen LogP) is 1.53. The Labute approximate surface area is 140 Å². The Hall–Kier alpha value is -2.70. The van der Waals surface area contributed by atoms with Crippen LogP contribution in [0, 0.1) is 5.92 Å². The first kappa shape index (κ1) is 17.7. The van der Waals surface area contributed by atoms with E-state index in [1.807, 2.05) is 0 Å². The minimum Gasteiger partial charge on any atom is -0.361 e. The van der Waals surface area contributed by atoms with Crippen LogP contribution in [0.2, 0.25) is 0 Å². The first-order valence-corrected chi connectivity index (χ1v) is 8.02. The Bertz CT molecular complexity index is 646. The molecule has 0 bridgehead atoms. The van der Waals surface area contributed by atoms with Gasteiger partial charge >= 0.3 is 11.8 Å². The van der Waals surface area contributed by atoms with Crippen molar-refractivity contribution in [3.63, 3.8) is 0 Å². The number of hydrogen-bond donors (Lipinski definition) is 3. The van der Waals surface area contributed by atoms with E-state index < -0.39 is 11.8 Å². The van der Waals surface area contributed by atoms with E-state index in [-0.39, 0.29) is 11.8 Å². The molecule has 1 aliphatic carbocycles. The van der Waals surface area contributed by atoms with Crippen LogP contribution in [0.1, 0.15) is 44.6 Å². The minimum atomic E-state index is -1.09. The normalized spacial score (nSPS) is 15.6. The Balaban J connectivity index is 1.94. The van der Waals surface area contributed by atoms with Crippen molar-refractivity contribution in [1.82, 2.24) is 5.43 Å². The number of anilines is 1. The van der Waals surface area contributed by atoms with Gasteiger partial charge in [-0.15, -0.1) is 0 Å². The number of primary amides is 1. The quantitative estimate of drug-likeness (QED) is 0.442. The molecule has 4 N–H and O–H groups in total. The summed E-state index contributed by atoms with van der Waals surface area (Å²) < 4.78 is 0. The van der Waals surface area contributed by atoms with Gasteiger partial charge in [-0.1, -0.05) is 31.4 Å². The molecule has 1 saturated carbocycles. The maximum absolute atomic E-state index is 12.2. The van der Waals surface area contributed by atoms with Crippen molar-refractivity contribution in [1.29, 1.82) is 0 Å². The molecular weight excluding hydrogens is 308 g/mol.